The van der Waals surface area contributed by atoms with Gasteiger partial charge in [0.05, 0.1) is 26.1 Å². The van der Waals surface area contributed by atoms with Crippen LogP contribution < -0.4 is 0 Å². The molecule has 0 N–H and O–H groups in total. The van der Waals surface area contributed by atoms with Gasteiger partial charge in [0.15, 0.2) is 6.10 Å². The molecule has 0 aromatic heterocycles. The molecule has 1 aromatic carbocycles. The predicted octanol–water partition coefficient (Wildman–Crippen LogP) is 2.19. The molecule has 6 nitrogen and oxygen atoms in total. The first-order valence-electron chi connectivity index (χ1n) is 6.52. The number of para-hydroxylation sites is 1. The van der Waals surface area contributed by atoms with Crippen LogP contribution in [0.25, 0.3) is 0 Å². The molecule has 0 fully saturated rings. The Morgan fingerprint density at radius 3 is 3.11 bits per heavy atom. The van der Waals surface area contributed by atoms with Gasteiger partial charge in [0, 0.05) is 6.07 Å². The highest BCUT2D eigenvalue weighted by Crippen LogP contribution is 2.19. The van der Waals surface area contributed by atoms with E-state index in [0.29, 0.717) is 5.56 Å². The molecule has 0 aliphatic rings. The molecule has 0 amide bonds. The van der Waals surface area contributed by atoms with Crippen LogP contribution in [0.5, 0.6) is 0 Å². The Bertz CT molecular complexity index is 572. The molecule has 0 saturated heterocycles. The summed E-state index contributed by atoms with van der Waals surface area (Å²) in [5, 5.41) is 10.8. The molecule has 1 unspecified atom stereocenters. The van der Waals surface area contributed by atoms with Crippen LogP contribution in [0.4, 0.5) is 5.69 Å². The Hall–Kier alpha value is -2.21. The quantitative estimate of drug-likeness (QED) is 0.336. The summed E-state index contributed by atoms with van der Waals surface area (Å²) in [6, 6.07) is 5.93. The maximum Gasteiger partial charge on any atom is 0.339 e. The third kappa shape index (κ3) is 3.67. The fourth-order valence-corrected chi connectivity index (χ4v) is 1.23. The number of nitrogens with zero attached hydrogens (tertiary/aromatic N) is 1. The summed E-state index contributed by atoms with van der Waals surface area (Å²) >= 11 is 0. The number of benzene rings is 1. The van der Waals surface area contributed by atoms with Gasteiger partial charge in [-0.15, -0.1) is 0 Å². The van der Waals surface area contributed by atoms with Gasteiger partial charge in [-0.05, 0) is 13.0 Å². The lowest BCUT2D eigenvalue weighted by atomic mass is 10.2. The van der Waals surface area contributed by atoms with Crippen molar-refractivity contribution >= 4 is 11.7 Å². The standard InChI is InChI=1S/C12H13NO5/c1-3-17-12(14)9(2)18-8-10-6-4-5-7-11(10)13(15)16/h3-7,9H,1,8H2,2H3/i1D2,3D. The van der Waals surface area contributed by atoms with Crippen LogP contribution in [0.15, 0.2) is 37.0 Å². The minimum Gasteiger partial charge on any atom is -0.433 e. The van der Waals surface area contributed by atoms with Crippen molar-refractivity contribution in [3.8, 4) is 0 Å². The summed E-state index contributed by atoms with van der Waals surface area (Å²) in [5.74, 6) is -0.949. The largest absolute Gasteiger partial charge is 0.433 e. The van der Waals surface area contributed by atoms with E-state index in [-0.39, 0.29) is 12.3 Å². The lowest BCUT2D eigenvalue weighted by molar-refractivity contribution is -0.386. The van der Waals surface area contributed by atoms with Crippen molar-refractivity contribution in [2.75, 3.05) is 0 Å². The molecule has 0 aliphatic carbocycles. The lowest BCUT2D eigenvalue weighted by Gasteiger charge is -2.10. The molecule has 1 rings (SSSR count). The zero-order chi connectivity index (χ0) is 16.0. The summed E-state index contributed by atoms with van der Waals surface area (Å²) < 4.78 is 30.2. The Morgan fingerprint density at radius 2 is 2.44 bits per heavy atom. The minimum atomic E-state index is -1.09. The summed E-state index contributed by atoms with van der Waals surface area (Å²) in [6.07, 6.45) is -1.98. The molecule has 1 aromatic rings. The maximum absolute atomic E-state index is 11.5. The molecule has 1 atom stereocenters. The molecule has 0 spiro atoms. The normalized spacial score (nSPS) is 13.7. The number of esters is 1. The van der Waals surface area contributed by atoms with E-state index >= 15 is 0 Å². The molecule has 0 bridgehead atoms. The Labute approximate surface area is 108 Å². The van der Waals surface area contributed by atoms with E-state index < -0.39 is 29.8 Å². The van der Waals surface area contributed by atoms with Gasteiger partial charge in [-0.2, -0.15) is 0 Å². The molecular weight excluding hydrogens is 238 g/mol. The molecule has 18 heavy (non-hydrogen) atoms. The summed E-state index contributed by atoms with van der Waals surface area (Å²) in [7, 11) is 0. The average molecular weight is 254 g/mol. The van der Waals surface area contributed by atoms with Crippen molar-refractivity contribution in [2.45, 2.75) is 19.6 Å². The number of carbonyl (C=O) groups excluding carboxylic acids is 1. The number of nitro benzene ring substituents is 1. The second-order valence-corrected chi connectivity index (χ2v) is 3.36. The third-order valence-electron chi connectivity index (χ3n) is 2.16. The zero-order valence-electron chi connectivity index (χ0n) is 12.6. The van der Waals surface area contributed by atoms with E-state index in [1.54, 1.807) is 6.07 Å². The van der Waals surface area contributed by atoms with Crippen LogP contribution in [0.2, 0.25) is 0 Å². The molecular formula is C12H13NO5. The fraction of sp³-hybridized carbons (Fsp3) is 0.250. The van der Waals surface area contributed by atoms with Gasteiger partial charge in [0.25, 0.3) is 5.69 Å². The highest BCUT2D eigenvalue weighted by molar-refractivity contribution is 5.74. The van der Waals surface area contributed by atoms with Crippen LogP contribution in [0.3, 0.4) is 0 Å². The van der Waals surface area contributed by atoms with Gasteiger partial charge in [-0.3, -0.25) is 10.1 Å². The van der Waals surface area contributed by atoms with Crippen LogP contribution in [0.1, 0.15) is 16.6 Å². The minimum absolute atomic E-state index is 0.126. The average Bonchev–Trinajstić information content (AvgIpc) is 2.44. The van der Waals surface area contributed by atoms with Crippen molar-refractivity contribution < 1.29 is 23.3 Å². The van der Waals surface area contributed by atoms with Gasteiger partial charge in [0.1, 0.15) is 1.37 Å². The van der Waals surface area contributed by atoms with Crippen LogP contribution >= 0.6 is 0 Å². The first-order valence-corrected chi connectivity index (χ1v) is 5.02. The molecule has 0 saturated carbocycles. The van der Waals surface area contributed by atoms with E-state index in [0.717, 1.165) is 0 Å². The Balaban J connectivity index is 2.65. The van der Waals surface area contributed by atoms with Crippen molar-refractivity contribution in [1.82, 2.24) is 0 Å². The number of hydrogen-bond donors (Lipinski definition) is 0. The van der Waals surface area contributed by atoms with Gasteiger partial charge in [-0.25, -0.2) is 4.79 Å². The molecule has 6 heteroatoms. The first-order chi connectivity index (χ1) is 9.82. The molecule has 0 heterocycles. The van der Waals surface area contributed by atoms with E-state index in [4.69, 9.17) is 8.85 Å². The highest BCUT2D eigenvalue weighted by atomic mass is 16.6. The Kier molecular flexibility index (Phi) is 3.54. The second-order valence-electron chi connectivity index (χ2n) is 3.36. The van der Waals surface area contributed by atoms with Crippen molar-refractivity contribution in [3.05, 3.63) is 52.7 Å². The monoisotopic (exact) mass is 254 g/mol. The predicted molar refractivity (Wildman–Crippen MR) is 63.6 cm³/mol. The molecule has 0 radical (unpaired) electrons. The summed E-state index contributed by atoms with van der Waals surface area (Å²) in [4.78, 5) is 21.7. The van der Waals surface area contributed by atoms with Crippen LogP contribution in [0, 0.1) is 10.1 Å². The zero-order valence-corrected chi connectivity index (χ0v) is 9.58. The summed E-state index contributed by atoms with van der Waals surface area (Å²) in [6.45, 7) is 0.228. The number of ether oxygens (including phenoxy) is 2. The highest BCUT2D eigenvalue weighted by Gasteiger charge is 2.17. The van der Waals surface area contributed by atoms with Gasteiger partial charge in [-0.1, -0.05) is 18.7 Å². The number of rotatable bonds is 6. The Morgan fingerprint density at radius 1 is 1.72 bits per heavy atom. The molecule has 0 aliphatic heterocycles. The summed E-state index contributed by atoms with van der Waals surface area (Å²) in [5.41, 5.74) is 0.171. The molecule has 96 valence electrons. The van der Waals surface area contributed by atoms with Gasteiger partial charge in [0.2, 0.25) is 0 Å². The number of hydrogen-bond acceptors (Lipinski definition) is 5. The third-order valence-corrected chi connectivity index (χ3v) is 2.16. The topological polar surface area (TPSA) is 78.7 Å². The maximum atomic E-state index is 11.5. The van der Waals surface area contributed by atoms with Crippen LogP contribution in [-0.4, -0.2) is 17.0 Å². The SMILES string of the molecule is [2H]C([2H])=C([2H])OC(=O)C(C)OCc1ccccc1[N+](=O)[O-]. The van der Waals surface area contributed by atoms with E-state index in [1.807, 2.05) is 0 Å². The fourth-order valence-electron chi connectivity index (χ4n) is 1.23. The lowest BCUT2D eigenvalue weighted by Crippen LogP contribution is -2.21. The van der Waals surface area contributed by atoms with E-state index in [2.05, 4.69) is 4.74 Å². The van der Waals surface area contributed by atoms with Crippen molar-refractivity contribution in [3.63, 3.8) is 0 Å². The first kappa shape index (κ1) is 9.78. The van der Waals surface area contributed by atoms with Crippen LogP contribution in [-0.2, 0) is 20.9 Å². The van der Waals surface area contributed by atoms with Crippen molar-refractivity contribution in [2.24, 2.45) is 0 Å². The van der Waals surface area contributed by atoms with E-state index in [1.165, 1.54) is 25.1 Å². The van der Waals surface area contributed by atoms with E-state index in [9.17, 15) is 14.9 Å². The van der Waals surface area contributed by atoms with Crippen molar-refractivity contribution in [1.29, 1.82) is 0 Å². The number of carbonyl (C=O) groups is 1. The van der Waals surface area contributed by atoms with Gasteiger partial charge >= 0.3 is 5.97 Å². The number of nitro groups is 1. The smallest absolute Gasteiger partial charge is 0.339 e. The van der Waals surface area contributed by atoms with Gasteiger partial charge < -0.3 is 9.47 Å². The second kappa shape index (κ2) is 6.51.